The van der Waals surface area contributed by atoms with E-state index in [1.54, 1.807) is 0 Å². The molecule has 10 heteroatoms. The first-order chi connectivity index (χ1) is 26.3. The van der Waals surface area contributed by atoms with Gasteiger partial charge in [-0.15, -0.1) is 0 Å². The molecule has 0 spiro atoms. The van der Waals surface area contributed by atoms with Gasteiger partial charge in [-0.2, -0.15) is 0 Å². The minimum absolute atomic E-state index is 0.0163. The van der Waals surface area contributed by atoms with E-state index >= 15 is 0 Å². The van der Waals surface area contributed by atoms with Crippen molar-refractivity contribution in [3.8, 4) is 0 Å². The van der Waals surface area contributed by atoms with E-state index in [0.29, 0.717) is 6.42 Å². The summed E-state index contributed by atoms with van der Waals surface area (Å²) >= 11 is 0. The van der Waals surface area contributed by atoms with Crippen molar-refractivity contribution in [1.29, 1.82) is 0 Å². The molecule has 0 aromatic rings. The summed E-state index contributed by atoms with van der Waals surface area (Å²) in [4.78, 5) is 37.0. The SMILES string of the molecule is CCCCCCCC/C=C\CCCCCCCCCCCCCC(=O)O[C@H](COC(=O)CCCCCCCCCCCCCC)COP(=O)([O-])OCCN. The van der Waals surface area contributed by atoms with Gasteiger partial charge in [-0.1, -0.05) is 187 Å². The van der Waals surface area contributed by atoms with Crippen molar-refractivity contribution in [2.75, 3.05) is 26.4 Å². The van der Waals surface area contributed by atoms with Gasteiger partial charge in [0.05, 0.1) is 13.2 Å². The highest BCUT2D eigenvalue weighted by Crippen LogP contribution is 2.38. The molecule has 0 radical (unpaired) electrons. The predicted octanol–water partition coefficient (Wildman–Crippen LogP) is 12.4. The van der Waals surface area contributed by atoms with Crippen LogP contribution in [0.5, 0.6) is 0 Å². The lowest BCUT2D eigenvalue weighted by atomic mass is 10.0. The van der Waals surface area contributed by atoms with Crippen LogP contribution < -0.4 is 10.6 Å². The monoisotopic (exact) mass is 787 g/mol. The third-order valence-electron chi connectivity index (χ3n) is 9.89. The van der Waals surface area contributed by atoms with Crippen molar-refractivity contribution in [3.05, 3.63) is 12.2 Å². The van der Waals surface area contributed by atoms with Crippen molar-refractivity contribution in [1.82, 2.24) is 0 Å². The molecule has 2 N–H and O–H groups in total. The first-order valence-corrected chi connectivity index (χ1v) is 24.1. The zero-order valence-corrected chi connectivity index (χ0v) is 36.1. The number of hydrogen-bond donors (Lipinski definition) is 1. The first kappa shape index (κ1) is 52.8. The summed E-state index contributed by atoms with van der Waals surface area (Å²) in [5, 5.41) is 0. The predicted molar refractivity (Wildman–Crippen MR) is 222 cm³/mol. The first-order valence-electron chi connectivity index (χ1n) is 22.6. The van der Waals surface area contributed by atoms with Crippen molar-refractivity contribution >= 4 is 19.8 Å². The molecule has 0 saturated carbocycles. The third kappa shape index (κ3) is 40.4. The van der Waals surface area contributed by atoms with Crippen LogP contribution in [0.3, 0.4) is 0 Å². The molecule has 0 rings (SSSR count). The molecule has 0 aromatic heterocycles. The zero-order valence-electron chi connectivity index (χ0n) is 35.2. The minimum atomic E-state index is -4.62. The van der Waals surface area contributed by atoms with Crippen LogP contribution in [0.25, 0.3) is 0 Å². The van der Waals surface area contributed by atoms with Crippen molar-refractivity contribution in [2.24, 2.45) is 5.73 Å². The Kier molecular flexibility index (Phi) is 40.4. The molecule has 320 valence electrons. The standard InChI is InChI=1S/C44H86NO8P/c1-3-5-7-9-11-13-15-17-18-19-20-21-22-23-24-25-27-29-31-33-35-37-44(47)53-42(41-52-54(48,49)51-39-38-45)40-50-43(46)36-34-32-30-28-26-16-14-12-10-8-6-4-2/h17-18,42H,3-16,19-41,45H2,1-2H3,(H,48,49)/p-1/b18-17-/t42-/m1/s1. The summed E-state index contributed by atoms with van der Waals surface area (Å²) in [5.41, 5.74) is 5.32. The number of phosphoric ester groups is 1. The summed E-state index contributed by atoms with van der Waals surface area (Å²) in [6.07, 6.45) is 42.2. The average Bonchev–Trinajstić information content (AvgIpc) is 3.16. The van der Waals surface area contributed by atoms with E-state index in [0.717, 1.165) is 38.5 Å². The van der Waals surface area contributed by atoms with Crippen LogP contribution in [-0.4, -0.2) is 44.4 Å². The van der Waals surface area contributed by atoms with Gasteiger partial charge in [-0.05, 0) is 38.5 Å². The summed E-state index contributed by atoms with van der Waals surface area (Å²) < 4.78 is 32.4. The zero-order chi connectivity index (χ0) is 39.6. The van der Waals surface area contributed by atoms with E-state index in [1.165, 1.54) is 154 Å². The number of allylic oxidation sites excluding steroid dienone is 2. The summed E-state index contributed by atoms with van der Waals surface area (Å²) in [7, 11) is -4.62. The largest absolute Gasteiger partial charge is 0.756 e. The fraction of sp³-hybridized carbons (Fsp3) is 0.909. The van der Waals surface area contributed by atoms with Gasteiger partial charge in [0.15, 0.2) is 6.10 Å². The number of rotatable bonds is 43. The number of carbonyl (C=O) groups is 2. The van der Waals surface area contributed by atoms with Crippen LogP contribution in [0, 0.1) is 0 Å². The molecule has 0 aliphatic rings. The normalized spacial score (nSPS) is 13.3. The van der Waals surface area contributed by atoms with Crippen molar-refractivity contribution in [3.63, 3.8) is 0 Å². The molecule has 0 bridgehead atoms. The molecule has 0 fully saturated rings. The Balaban J connectivity index is 4.05. The van der Waals surface area contributed by atoms with E-state index in [4.69, 9.17) is 19.7 Å². The molecular formula is C44H85NO8P-. The quantitative estimate of drug-likeness (QED) is 0.0277. The Labute approximate surface area is 332 Å². The van der Waals surface area contributed by atoms with Gasteiger partial charge < -0.3 is 29.1 Å². The Morgan fingerprint density at radius 2 is 0.907 bits per heavy atom. The Hall–Kier alpha value is -1.25. The van der Waals surface area contributed by atoms with Gasteiger partial charge in [-0.25, -0.2) is 0 Å². The summed E-state index contributed by atoms with van der Waals surface area (Å²) in [5.74, 6) is -0.855. The van der Waals surface area contributed by atoms with Gasteiger partial charge in [-0.3, -0.25) is 14.2 Å². The number of nitrogens with two attached hydrogens (primary N) is 1. The fourth-order valence-corrected chi connectivity index (χ4v) is 7.26. The number of hydrogen-bond acceptors (Lipinski definition) is 9. The molecule has 0 aliphatic heterocycles. The van der Waals surface area contributed by atoms with E-state index in [2.05, 4.69) is 30.5 Å². The molecule has 0 saturated heterocycles. The van der Waals surface area contributed by atoms with Crippen molar-refractivity contribution in [2.45, 2.75) is 232 Å². The van der Waals surface area contributed by atoms with Gasteiger partial charge in [0.2, 0.25) is 0 Å². The van der Waals surface area contributed by atoms with E-state index in [-0.39, 0.29) is 32.6 Å². The van der Waals surface area contributed by atoms with Crippen LogP contribution in [0.15, 0.2) is 12.2 Å². The van der Waals surface area contributed by atoms with Gasteiger partial charge in [0, 0.05) is 19.4 Å². The van der Waals surface area contributed by atoms with Crippen LogP contribution in [0.2, 0.25) is 0 Å². The highest BCUT2D eigenvalue weighted by molar-refractivity contribution is 7.45. The number of phosphoric acid groups is 1. The lowest BCUT2D eigenvalue weighted by Gasteiger charge is -2.25. The number of ether oxygens (including phenoxy) is 2. The molecule has 0 amide bonds. The minimum Gasteiger partial charge on any atom is -0.756 e. The third-order valence-corrected chi connectivity index (χ3v) is 10.9. The van der Waals surface area contributed by atoms with Gasteiger partial charge >= 0.3 is 11.9 Å². The van der Waals surface area contributed by atoms with Crippen LogP contribution in [0.4, 0.5) is 0 Å². The molecule has 0 heterocycles. The maximum absolute atomic E-state index is 12.6. The molecule has 1 unspecified atom stereocenters. The Morgan fingerprint density at radius 3 is 1.31 bits per heavy atom. The second kappa shape index (κ2) is 41.4. The van der Waals surface area contributed by atoms with E-state index in [9.17, 15) is 19.0 Å². The number of esters is 2. The second-order valence-electron chi connectivity index (χ2n) is 15.3. The molecule has 0 aromatic carbocycles. The summed E-state index contributed by atoms with van der Waals surface area (Å²) in [6, 6.07) is 0. The van der Waals surface area contributed by atoms with Crippen LogP contribution in [0.1, 0.15) is 226 Å². The molecule has 0 aliphatic carbocycles. The van der Waals surface area contributed by atoms with E-state index in [1.807, 2.05) is 0 Å². The maximum atomic E-state index is 12.6. The van der Waals surface area contributed by atoms with Crippen LogP contribution >= 0.6 is 7.82 Å². The van der Waals surface area contributed by atoms with Gasteiger partial charge in [0.25, 0.3) is 7.82 Å². The summed E-state index contributed by atoms with van der Waals surface area (Å²) in [6.45, 7) is 3.56. The van der Waals surface area contributed by atoms with Gasteiger partial charge in [0.1, 0.15) is 6.61 Å². The second-order valence-corrected chi connectivity index (χ2v) is 16.7. The highest BCUT2D eigenvalue weighted by Gasteiger charge is 2.21. The average molecular weight is 787 g/mol. The van der Waals surface area contributed by atoms with E-state index < -0.39 is 32.5 Å². The lowest BCUT2D eigenvalue weighted by Crippen LogP contribution is -2.30. The number of unbranched alkanes of at least 4 members (excludes halogenated alkanes) is 28. The smallest absolute Gasteiger partial charge is 0.306 e. The topological polar surface area (TPSA) is 137 Å². The molecule has 2 atom stereocenters. The molecule has 9 nitrogen and oxygen atoms in total. The lowest BCUT2D eigenvalue weighted by molar-refractivity contribution is -0.228. The fourth-order valence-electron chi connectivity index (χ4n) is 6.51. The molecule has 54 heavy (non-hydrogen) atoms. The van der Waals surface area contributed by atoms with Crippen molar-refractivity contribution < 1.29 is 37.6 Å². The van der Waals surface area contributed by atoms with Crippen LogP contribution in [-0.2, 0) is 32.7 Å². The highest BCUT2D eigenvalue weighted by atomic mass is 31.2. The Bertz CT molecular complexity index is 902. The maximum Gasteiger partial charge on any atom is 0.306 e. The molecular weight excluding hydrogens is 701 g/mol. The number of carbonyl (C=O) groups excluding carboxylic acids is 2. The Morgan fingerprint density at radius 1 is 0.537 bits per heavy atom.